The van der Waals surface area contributed by atoms with Gasteiger partial charge in [0.15, 0.2) is 0 Å². The number of pyridine rings is 1. The van der Waals surface area contributed by atoms with E-state index in [9.17, 15) is 4.79 Å². The summed E-state index contributed by atoms with van der Waals surface area (Å²) in [4.78, 5) is 17.2. The number of carbonyl (C=O) groups excluding carboxylic acids is 1. The van der Waals surface area contributed by atoms with Crippen LogP contribution in [0.4, 0.5) is 0 Å². The smallest absolute Gasteiger partial charge is 0.261 e. The molecule has 2 aromatic heterocycles. The molecule has 0 aliphatic heterocycles. The van der Waals surface area contributed by atoms with E-state index < -0.39 is 0 Å². The fourth-order valence-electron chi connectivity index (χ4n) is 2.21. The average molecular weight is 282 g/mol. The van der Waals surface area contributed by atoms with Crippen molar-refractivity contribution >= 4 is 28.1 Å². The van der Waals surface area contributed by atoms with Gasteiger partial charge in [-0.2, -0.15) is 0 Å². The van der Waals surface area contributed by atoms with E-state index in [-0.39, 0.29) is 5.91 Å². The number of nitrogens with zero attached hydrogens (tertiary/aromatic N) is 1. The van der Waals surface area contributed by atoms with Crippen molar-refractivity contribution in [2.24, 2.45) is 0 Å². The fourth-order valence-corrected chi connectivity index (χ4v) is 2.85. The lowest BCUT2D eigenvalue weighted by molar-refractivity contribution is 0.0955. The maximum Gasteiger partial charge on any atom is 0.261 e. The summed E-state index contributed by atoms with van der Waals surface area (Å²) in [6.07, 6.45) is 0. The van der Waals surface area contributed by atoms with Gasteiger partial charge in [-0.05, 0) is 36.1 Å². The van der Waals surface area contributed by atoms with Gasteiger partial charge >= 0.3 is 0 Å². The van der Waals surface area contributed by atoms with E-state index in [1.807, 2.05) is 54.8 Å². The van der Waals surface area contributed by atoms with Crippen molar-refractivity contribution in [1.82, 2.24) is 10.3 Å². The van der Waals surface area contributed by atoms with Gasteiger partial charge in [0.25, 0.3) is 5.91 Å². The highest BCUT2D eigenvalue weighted by Crippen LogP contribution is 2.18. The second-order valence-corrected chi connectivity index (χ2v) is 5.55. The average Bonchev–Trinajstić information content (AvgIpc) is 2.98. The number of aromatic nitrogens is 1. The lowest BCUT2D eigenvalue weighted by Crippen LogP contribution is -2.22. The van der Waals surface area contributed by atoms with Crippen LogP contribution in [0, 0.1) is 6.92 Å². The third-order valence-corrected chi connectivity index (χ3v) is 3.98. The number of aryl methyl sites for hydroxylation is 1. The number of nitrogens with one attached hydrogen (secondary N) is 1. The first-order chi connectivity index (χ1) is 9.74. The summed E-state index contributed by atoms with van der Waals surface area (Å²) in [5.74, 6) is -0.0291. The predicted molar refractivity (Wildman–Crippen MR) is 82.0 cm³/mol. The Bertz CT molecular complexity index is 750. The molecule has 0 atom stereocenters. The molecule has 1 N–H and O–H groups in total. The van der Waals surface area contributed by atoms with Crippen LogP contribution in [0.3, 0.4) is 0 Å². The number of benzene rings is 1. The Morgan fingerprint density at radius 2 is 2.10 bits per heavy atom. The summed E-state index contributed by atoms with van der Waals surface area (Å²) in [6.45, 7) is 2.48. The minimum absolute atomic E-state index is 0.0291. The van der Waals surface area contributed by atoms with Crippen molar-refractivity contribution in [1.29, 1.82) is 0 Å². The first-order valence-electron chi connectivity index (χ1n) is 6.41. The van der Waals surface area contributed by atoms with E-state index in [1.165, 1.54) is 11.3 Å². The zero-order valence-electron chi connectivity index (χ0n) is 11.1. The summed E-state index contributed by atoms with van der Waals surface area (Å²) in [6, 6.07) is 13.7. The Balaban J connectivity index is 1.86. The molecular formula is C16H14N2OS. The predicted octanol–water partition coefficient (Wildman–Crippen LogP) is 3.53. The van der Waals surface area contributed by atoms with Gasteiger partial charge in [0, 0.05) is 17.6 Å². The van der Waals surface area contributed by atoms with Gasteiger partial charge in [-0.3, -0.25) is 9.78 Å². The van der Waals surface area contributed by atoms with Crippen LogP contribution in [-0.2, 0) is 6.54 Å². The van der Waals surface area contributed by atoms with Crippen molar-refractivity contribution in [2.45, 2.75) is 13.5 Å². The summed E-state index contributed by atoms with van der Waals surface area (Å²) >= 11 is 1.45. The van der Waals surface area contributed by atoms with Crippen LogP contribution in [-0.4, -0.2) is 10.9 Å². The molecule has 0 fully saturated rings. The van der Waals surface area contributed by atoms with Crippen LogP contribution >= 0.6 is 11.3 Å². The number of fused-ring (bicyclic) bond motifs is 1. The molecule has 1 aromatic carbocycles. The van der Waals surface area contributed by atoms with E-state index in [4.69, 9.17) is 0 Å². The first kappa shape index (κ1) is 12.8. The Kier molecular flexibility index (Phi) is 3.48. The molecule has 100 valence electrons. The van der Waals surface area contributed by atoms with Gasteiger partial charge in [-0.1, -0.05) is 24.3 Å². The van der Waals surface area contributed by atoms with Crippen LogP contribution < -0.4 is 5.32 Å². The van der Waals surface area contributed by atoms with Crippen LogP contribution in [0.25, 0.3) is 10.9 Å². The van der Waals surface area contributed by atoms with Gasteiger partial charge in [0.1, 0.15) is 0 Å². The molecule has 0 saturated heterocycles. The van der Waals surface area contributed by atoms with Crippen molar-refractivity contribution in [2.75, 3.05) is 0 Å². The first-order valence-corrected chi connectivity index (χ1v) is 7.29. The van der Waals surface area contributed by atoms with Gasteiger partial charge < -0.3 is 5.32 Å². The van der Waals surface area contributed by atoms with Crippen molar-refractivity contribution in [3.63, 3.8) is 0 Å². The minimum Gasteiger partial charge on any atom is -0.347 e. The fraction of sp³-hybridized carbons (Fsp3) is 0.125. The molecule has 0 aliphatic rings. The molecule has 0 aliphatic carbocycles. The molecule has 0 bridgehead atoms. The highest BCUT2D eigenvalue weighted by Gasteiger charge is 2.08. The van der Waals surface area contributed by atoms with Crippen LogP contribution in [0.2, 0.25) is 0 Å². The molecule has 3 aromatic rings. The molecular weight excluding hydrogens is 268 g/mol. The third-order valence-electron chi connectivity index (χ3n) is 3.11. The van der Waals surface area contributed by atoms with E-state index in [2.05, 4.69) is 10.3 Å². The maximum atomic E-state index is 12.0. The largest absolute Gasteiger partial charge is 0.347 e. The number of amides is 1. The van der Waals surface area contributed by atoms with Crippen molar-refractivity contribution in [3.05, 3.63) is 64.0 Å². The van der Waals surface area contributed by atoms with Crippen LogP contribution in [0.1, 0.15) is 20.9 Å². The molecule has 1 amide bonds. The van der Waals surface area contributed by atoms with Crippen molar-refractivity contribution in [3.8, 4) is 0 Å². The molecule has 20 heavy (non-hydrogen) atoms. The van der Waals surface area contributed by atoms with Crippen LogP contribution in [0.5, 0.6) is 0 Å². The van der Waals surface area contributed by atoms with E-state index in [0.29, 0.717) is 6.54 Å². The Morgan fingerprint density at radius 3 is 2.90 bits per heavy atom. The molecule has 0 spiro atoms. The summed E-state index contributed by atoms with van der Waals surface area (Å²) in [5.41, 5.74) is 3.02. The lowest BCUT2D eigenvalue weighted by atomic mass is 10.1. The maximum absolute atomic E-state index is 12.0. The molecule has 4 heteroatoms. The standard InChI is InChI=1S/C16H14N2OS/c1-11-9-12(13-5-2-3-6-14(13)18-11)10-17-16(19)15-7-4-8-20-15/h2-9H,10H2,1H3,(H,17,19). The second kappa shape index (κ2) is 5.43. The third kappa shape index (κ3) is 2.56. The lowest BCUT2D eigenvalue weighted by Gasteiger charge is -2.09. The van der Waals surface area contributed by atoms with E-state index in [0.717, 1.165) is 27.0 Å². The number of rotatable bonds is 3. The Morgan fingerprint density at radius 1 is 1.25 bits per heavy atom. The zero-order valence-corrected chi connectivity index (χ0v) is 11.9. The Labute approximate surface area is 121 Å². The van der Waals surface area contributed by atoms with E-state index >= 15 is 0 Å². The van der Waals surface area contributed by atoms with Crippen LogP contribution in [0.15, 0.2) is 47.8 Å². The number of hydrogen-bond donors (Lipinski definition) is 1. The molecule has 3 nitrogen and oxygen atoms in total. The summed E-state index contributed by atoms with van der Waals surface area (Å²) < 4.78 is 0. The van der Waals surface area contributed by atoms with Gasteiger partial charge in [0.2, 0.25) is 0 Å². The normalized spacial score (nSPS) is 10.7. The molecule has 0 saturated carbocycles. The quantitative estimate of drug-likeness (QED) is 0.798. The zero-order chi connectivity index (χ0) is 13.9. The SMILES string of the molecule is Cc1cc(CNC(=O)c2cccs2)c2ccccc2n1. The highest BCUT2D eigenvalue weighted by atomic mass is 32.1. The topological polar surface area (TPSA) is 42.0 Å². The molecule has 2 heterocycles. The molecule has 0 radical (unpaired) electrons. The van der Waals surface area contributed by atoms with Gasteiger partial charge in [-0.15, -0.1) is 11.3 Å². The molecule has 0 unspecified atom stereocenters. The van der Waals surface area contributed by atoms with Gasteiger partial charge in [0.05, 0.1) is 10.4 Å². The molecule has 3 rings (SSSR count). The second-order valence-electron chi connectivity index (χ2n) is 4.60. The number of carbonyl (C=O) groups is 1. The van der Waals surface area contributed by atoms with Crippen molar-refractivity contribution < 1.29 is 4.79 Å². The minimum atomic E-state index is -0.0291. The highest BCUT2D eigenvalue weighted by molar-refractivity contribution is 7.12. The Hall–Kier alpha value is -2.20. The number of thiophene rings is 1. The number of para-hydroxylation sites is 1. The van der Waals surface area contributed by atoms with E-state index in [1.54, 1.807) is 0 Å². The monoisotopic (exact) mass is 282 g/mol. The number of hydrogen-bond acceptors (Lipinski definition) is 3. The summed E-state index contributed by atoms with van der Waals surface area (Å²) in [5, 5.41) is 5.96. The van der Waals surface area contributed by atoms with Gasteiger partial charge in [-0.25, -0.2) is 0 Å². The summed E-state index contributed by atoms with van der Waals surface area (Å²) in [7, 11) is 0.